The molecule has 0 radical (unpaired) electrons. The fraction of sp³-hybridized carbons (Fsp3) is 0.571. The second-order valence-corrected chi connectivity index (χ2v) is 8.10. The highest BCUT2D eigenvalue weighted by molar-refractivity contribution is 7.89. The summed E-state index contributed by atoms with van der Waals surface area (Å²) < 4.78 is 27.1. The normalized spacial score (nSPS) is 27.5. The number of rotatable bonds is 3. The van der Waals surface area contributed by atoms with Gasteiger partial charge in [-0.25, -0.2) is 8.42 Å². The van der Waals surface area contributed by atoms with E-state index in [0.717, 1.165) is 12.8 Å². The average Bonchev–Trinajstić information content (AvgIpc) is 3.01. The molecular weight excluding hydrogens is 342 g/mol. The minimum absolute atomic E-state index is 0. The van der Waals surface area contributed by atoms with E-state index in [1.807, 2.05) is 0 Å². The SMILES string of the molecule is Cc1cc([N+](=O)[O-])ccc1S(=O)(=O)N1CC2CCC(N)C2C1.Cl. The number of nitrogens with two attached hydrogens (primary N) is 1. The maximum Gasteiger partial charge on any atom is 0.269 e. The van der Waals surface area contributed by atoms with Crippen LogP contribution in [-0.2, 0) is 10.0 Å². The maximum absolute atomic E-state index is 12.8. The number of sulfonamides is 1. The molecular formula is C14H20ClN3O4S. The maximum atomic E-state index is 12.8. The molecule has 1 heterocycles. The van der Waals surface area contributed by atoms with Gasteiger partial charge in [-0.1, -0.05) is 0 Å². The van der Waals surface area contributed by atoms with Crippen LogP contribution < -0.4 is 5.73 Å². The van der Waals surface area contributed by atoms with Crippen molar-refractivity contribution >= 4 is 28.1 Å². The molecule has 0 amide bonds. The number of nitrogens with zero attached hydrogens (tertiary/aromatic N) is 2. The van der Waals surface area contributed by atoms with Crippen LogP contribution in [0.4, 0.5) is 5.69 Å². The number of halogens is 1. The van der Waals surface area contributed by atoms with Gasteiger partial charge in [0.25, 0.3) is 5.69 Å². The summed E-state index contributed by atoms with van der Waals surface area (Å²) in [5, 5.41) is 10.8. The minimum Gasteiger partial charge on any atom is -0.327 e. The lowest BCUT2D eigenvalue weighted by Gasteiger charge is -2.19. The zero-order chi connectivity index (χ0) is 16.1. The summed E-state index contributed by atoms with van der Waals surface area (Å²) in [6, 6.07) is 3.94. The van der Waals surface area contributed by atoms with E-state index in [4.69, 9.17) is 5.73 Å². The monoisotopic (exact) mass is 361 g/mol. The van der Waals surface area contributed by atoms with Crippen molar-refractivity contribution in [2.75, 3.05) is 13.1 Å². The van der Waals surface area contributed by atoms with Crippen molar-refractivity contribution in [2.45, 2.75) is 30.7 Å². The molecule has 7 nitrogen and oxygen atoms in total. The zero-order valence-corrected chi connectivity index (χ0v) is 14.3. The van der Waals surface area contributed by atoms with E-state index in [1.54, 1.807) is 6.92 Å². The van der Waals surface area contributed by atoms with Gasteiger partial charge in [0.1, 0.15) is 0 Å². The topological polar surface area (TPSA) is 107 Å². The van der Waals surface area contributed by atoms with Gasteiger partial charge in [-0.05, 0) is 43.2 Å². The fourth-order valence-electron chi connectivity index (χ4n) is 3.64. The minimum atomic E-state index is -3.62. The van der Waals surface area contributed by atoms with Crippen LogP contribution in [0.15, 0.2) is 23.1 Å². The van der Waals surface area contributed by atoms with Crippen molar-refractivity contribution in [1.82, 2.24) is 4.31 Å². The lowest BCUT2D eigenvalue weighted by Crippen LogP contribution is -2.33. The number of hydrogen-bond donors (Lipinski definition) is 1. The Morgan fingerprint density at radius 2 is 2.00 bits per heavy atom. The van der Waals surface area contributed by atoms with Crippen LogP contribution in [0, 0.1) is 28.9 Å². The van der Waals surface area contributed by atoms with Crippen LogP contribution in [0.1, 0.15) is 18.4 Å². The number of nitro benzene ring substituents is 1. The molecule has 3 unspecified atom stereocenters. The molecule has 1 aromatic carbocycles. The van der Waals surface area contributed by atoms with Crippen LogP contribution in [0.3, 0.4) is 0 Å². The van der Waals surface area contributed by atoms with Crippen LogP contribution >= 0.6 is 12.4 Å². The van der Waals surface area contributed by atoms with E-state index in [-0.39, 0.29) is 34.9 Å². The molecule has 3 atom stereocenters. The third-order valence-corrected chi connectivity index (χ3v) is 6.86. The Labute approximate surface area is 141 Å². The van der Waals surface area contributed by atoms with Gasteiger partial charge in [0.05, 0.1) is 9.82 Å². The highest BCUT2D eigenvalue weighted by atomic mass is 35.5. The van der Waals surface area contributed by atoms with E-state index < -0.39 is 14.9 Å². The molecule has 2 N–H and O–H groups in total. The molecule has 0 spiro atoms. The Morgan fingerprint density at radius 3 is 2.57 bits per heavy atom. The van der Waals surface area contributed by atoms with Crippen molar-refractivity contribution in [3.63, 3.8) is 0 Å². The Kier molecular flexibility index (Phi) is 5.00. The highest BCUT2D eigenvalue weighted by Gasteiger charge is 2.45. The zero-order valence-electron chi connectivity index (χ0n) is 12.7. The Morgan fingerprint density at radius 1 is 1.30 bits per heavy atom. The predicted molar refractivity (Wildman–Crippen MR) is 88.0 cm³/mol. The van der Waals surface area contributed by atoms with Gasteiger partial charge < -0.3 is 5.73 Å². The standard InChI is InChI=1S/C14H19N3O4S.ClH/c1-9-6-11(17(18)19)3-5-14(9)22(20,21)16-7-10-2-4-13(15)12(10)8-16;/h3,5-6,10,12-13H,2,4,7-8,15H2,1H3;1H. The van der Waals surface area contributed by atoms with Gasteiger partial charge in [-0.2, -0.15) is 4.31 Å². The van der Waals surface area contributed by atoms with Crippen molar-refractivity contribution in [3.05, 3.63) is 33.9 Å². The van der Waals surface area contributed by atoms with Crippen LogP contribution in [0.25, 0.3) is 0 Å². The number of hydrogen-bond acceptors (Lipinski definition) is 5. The van der Waals surface area contributed by atoms with Gasteiger partial charge in [-0.3, -0.25) is 10.1 Å². The van der Waals surface area contributed by atoms with Crippen molar-refractivity contribution in [2.24, 2.45) is 17.6 Å². The number of aryl methyl sites for hydroxylation is 1. The van der Waals surface area contributed by atoms with Gasteiger partial charge >= 0.3 is 0 Å². The van der Waals surface area contributed by atoms with E-state index in [0.29, 0.717) is 24.6 Å². The summed E-state index contributed by atoms with van der Waals surface area (Å²) in [5.74, 6) is 0.566. The second kappa shape index (κ2) is 6.35. The quantitative estimate of drug-likeness (QED) is 0.651. The van der Waals surface area contributed by atoms with E-state index in [9.17, 15) is 18.5 Å². The van der Waals surface area contributed by atoms with Gasteiger partial charge in [0.15, 0.2) is 0 Å². The Bertz CT molecular complexity index is 725. The third-order valence-electron chi connectivity index (χ3n) is 4.87. The van der Waals surface area contributed by atoms with E-state index in [1.165, 1.54) is 22.5 Å². The molecule has 2 fully saturated rings. The molecule has 9 heteroatoms. The van der Waals surface area contributed by atoms with E-state index >= 15 is 0 Å². The molecule has 3 rings (SSSR count). The van der Waals surface area contributed by atoms with Gasteiger partial charge in [0.2, 0.25) is 10.0 Å². The van der Waals surface area contributed by atoms with Crippen LogP contribution in [0.2, 0.25) is 0 Å². The first kappa shape index (κ1) is 18.1. The molecule has 1 saturated carbocycles. The molecule has 0 aromatic heterocycles. The molecule has 2 aliphatic rings. The lowest BCUT2D eigenvalue weighted by molar-refractivity contribution is -0.385. The molecule has 1 aliphatic carbocycles. The fourth-order valence-corrected chi connectivity index (χ4v) is 5.38. The Hall–Kier alpha value is -1.22. The van der Waals surface area contributed by atoms with Crippen molar-refractivity contribution in [1.29, 1.82) is 0 Å². The first-order valence-corrected chi connectivity index (χ1v) is 8.75. The molecule has 23 heavy (non-hydrogen) atoms. The number of benzene rings is 1. The lowest BCUT2D eigenvalue weighted by atomic mass is 9.98. The summed E-state index contributed by atoms with van der Waals surface area (Å²) >= 11 is 0. The molecule has 1 aliphatic heterocycles. The molecule has 1 aromatic rings. The third kappa shape index (κ3) is 3.08. The average molecular weight is 362 g/mol. The molecule has 128 valence electrons. The van der Waals surface area contributed by atoms with Gasteiger partial charge in [-0.15, -0.1) is 12.4 Å². The number of non-ortho nitro benzene ring substituents is 1. The summed E-state index contributed by atoms with van der Waals surface area (Å²) in [4.78, 5) is 10.4. The second-order valence-electron chi connectivity index (χ2n) is 6.19. The molecule has 0 bridgehead atoms. The van der Waals surface area contributed by atoms with E-state index in [2.05, 4.69) is 0 Å². The number of fused-ring (bicyclic) bond motifs is 1. The molecule has 1 saturated heterocycles. The van der Waals surface area contributed by atoms with Crippen LogP contribution in [0.5, 0.6) is 0 Å². The summed E-state index contributed by atoms with van der Waals surface area (Å²) in [6.45, 7) is 2.53. The number of nitro groups is 1. The Balaban J connectivity index is 0.00000192. The van der Waals surface area contributed by atoms with Crippen molar-refractivity contribution in [3.8, 4) is 0 Å². The van der Waals surface area contributed by atoms with Crippen molar-refractivity contribution < 1.29 is 13.3 Å². The predicted octanol–water partition coefficient (Wildman–Crippen LogP) is 1.68. The smallest absolute Gasteiger partial charge is 0.269 e. The van der Waals surface area contributed by atoms with Gasteiger partial charge in [0, 0.05) is 31.3 Å². The first-order valence-electron chi connectivity index (χ1n) is 7.31. The van der Waals surface area contributed by atoms with Crippen LogP contribution in [-0.4, -0.2) is 36.8 Å². The summed E-state index contributed by atoms with van der Waals surface area (Å²) in [7, 11) is -3.62. The highest BCUT2D eigenvalue weighted by Crippen LogP contribution is 2.39. The first-order chi connectivity index (χ1) is 10.3. The summed E-state index contributed by atoms with van der Waals surface area (Å²) in [5.41, 5.74) is 6.35. The largest absolute Gasteiger partial charge is 0.327 e. The summed E-state index contributed by atoms with van der Waals surface area (Å²) in [6.07, 6.45) is 1.93.